The van der Waals surface area contributed by atoms with E-state index in [9.17, 15) is 4.79 Å². The minimum Gasteiger partial charge on any atom is -0.493 e. The Bertz CT molecular complexity index is 1270. The van der Waals surface area contributed by atoms with Crippen molar-refractivity contribution >= 4 is 34.6 Å². The first kappa shape index (κ1) is 26.7. The van der Waals surface area contributed by atoms with E-state index in [1.807, 2.05) is 104 Å². The van der Waals surface area contributed by atoms with Gasteiger partial charge in [0.15, 0.2) is 11.5 Å². The highest BCUT2D eigenvalue weighted by molar-refractivity contribution is 6.30. The molecular weight excluding hydrogens is 486 g/mol. The van der Waals surface area contributed by atoms with Crippen LogP contribution in [-0.2, 0) is 11.2 Å². The van der Waals surface area contributed by atoms with Crippen LogP contribution in [0.4, 0.5) is 17.1 Å². The van der Waals surface area contributed by atoms with Gasteiger partial charge in [0.2, 0.25) is 5.91 Å². The molecule has 37 heavy (non-hydrogen) atoms. The Morgan fingerprint density at radius 3 is 2.27 bits per heavy atom. The molecule has 0 bridgehead atoms. The van der Waals surface area contributed by atoms with Crippen LogP contribution in [0.1, 0.15) is 43.0 Å². The highest BCUT2D eigenvalue weighted by atomic mass is 35.5. The van der Waals surface area contributed by atoms with Crippen LogP contribution in [-0.4, -0.2) is 47.3 Å². The van der Waals surface area contributed by atoms with Gasteiger partial charge in [0.25, 0.3) is 0 Å². The quantitative estimate of drug-likeness (QED) is 0.346. The molecule has 2 unspecified atom stereocenters. The van der Waals surface area contributed by atoms with Crippen LogP contribution in [0.2, 0.25) is 5.02 Å². The summed E-state index contributed by atoms with van der Waals surface area (Å²) in [5.41, 5.74) is 5.80. The van der Waals surface area contributed by atoms with Crippen molar-refractivity contribution in [2.45, 2.75) is 38.8 Å². The van der Waals surface area contributed by atoms with Crippen molar-refractivity contribution in [3.05, 3.63) is 76.3 Å². The molecule has 1 amide bonds. The second kappa shape index (κ2) is 10.9. The third kappa shape index (κ3) is 5.35. The molecule has 0 saturated heterocycles. The van der Waals surface area contributed by atoms with Gasteiger partial charge in [-0.2, -0.15) is 0 Å². The Labute approximate surface area is 225 Å². The van der Waals surface area contributed by atoms with Crippen molar-refractivity contribution in [2.75, 3.05) is 50.0 Å². The predicted octanol–water partition coefficient (Wildman–Crippen LogP) is 6.34. The zero-order valence-electron chi connectivity index (χ0n) is 22.7. The molecule has 0 N–H and O–H groups in total. The number of nitrogens with zero attached hydrogens (tertiary/aromatic N) is 3. The monoisotopic (exact) mass is 521 g/mol. The lowest BCUT2D eigenvalue weighted by atomic mass is 9.86. The maximum Gasteiger partial charge on any atom is 0.232 e. The highest BCUT2D eigenvalue weighted by Gasteiger charge is 2.37. The van der Waals surface area contributed by atoms with Crippen molar-refractivity contribution in [1.29, 1.82) is 0 Å². The summed E-state index contributed by atoms with van der Waals surface area (Å²) in [4.78, 5) is 19.8. The lowest BCUT2D eigenvalue weighted by Gasteiger charge is -2.39. The van der Waals surface area contributed by atoms with Crippen molar-refractivity contribution in [3.63, 3.8) is 0 Å². The highest BCUT2D eigenvalue weighted by Crippen LogP contribution is 2.46. The molecule has 0 spiro atoms. The molecule has 2 atom stereocenters. The van der Waals surface area contributed by atoms with E-state index in [1.54, 1.807) is 7.11 Å². The van der Waals surface area contributed by atoms with E-state index < -0.39 is 0 Å². The number of hydrogen-bond acceptors (Lipinski definition) is 5. The number of carbonyl (C=O) groups is 1. The average Bonchev–Trinajstić information content (AvgIpc) is 2.87. The van der Waals surface area contributed by atoms with Gasteiger partial charge in [-0.25, -0.2) is 0 Å². The van der Waals surface area contributed by atoms with Gasteiger partial charge < -0.3 is 24.2 Å². The van der Waals surface area contributed by atoms with E-state index in [0.717, 1.165) is 40.2 Å². The zero-order chi connectivity index (χ0) is 26.9. The summed E-state index contributed by atoms with van der Waals surface area (Å²) in [6, 6.07) is 17.6. The Balaban J connectivity index is 1.97. The molecule has 1 aliphatic heterocycles. The molecule has 3 aromatic carbocycles. The van der Waals surface area contributed by atoms with E-state index in [0.29, 0.717) is 16.5 Å². The van der Waals surface area contributed by atoms with E-state index in [4.69, 9.17) is 21.1 Å². The number of anilines is 3. The average molecular weight is 522 g/mol. The molecule has 7 heteroatoms. The summed E-state index contributed by atoms with van der Waals surface area (Å²) in [5, 5.41) is 0.646. The number of carbonyl (C=O) groups excluding carboxylic acids is 1. The maximum absolute atomic E-state index is 13.8. The van der Waals surface area contributed by atoms with Crippen LogP contribution in [0.5, 0.6) is 11.5 Å². The van der Waals surface area contributed by atoms with Gasteiger partial charge in [0.1, 0.15) is 0 Å². The fourth-order valence-electron chi connectivity index (χ4n) is 4.75. The third-order valence-corrected chi connectivity index (χ3v) is 7.14. The van der Waals surface area contributed by atoms with Gasteiger partial charge in [0.05, 0.1) is 25.7 Å². The summed E-state index contributed by atoms with van der Waals surface area (Å²) in [7, 11) is 9.62. The summed E-state index contributed by atoms with van der Waals surface area (Å²) < 4.78 is 12.0. The number of rotatable bonds is 8. The molecular formula is C30H36ClN3O3. The molecule has 0 aromatic heterocycles. The summed E-state index contributed by atoms with van der Waals surface area (Å²) in [5.74, 6) is 1.34. The number of benzene rings is 3. The lowest BCUT2D eigenvalue weighted by Crippen LogP contribution is -2.41. The number of fused-ring (bicyclic) bond motifs is 1. The van der Waals surface area contributed by atoms with Gasteiger partial charge in [-0.05, 0) is 73.0 Å². The Kier molecular flexibility index (Phi) is 7.88. The predicted molar refractivity (Wildman–Crippen MR) is 153 cm³/mol. The van der Waals surface area contributed by atoms with Gasteiger partial charge in [-0.15, -0.1) is 0 Å². The minimum absolute atomic E-state index is 0.0207. The smallest absolute Gasteiger partial charge is 0.232 e. The lowest BCUT2D eigenvalue weighted by molar-refractivity contribution is -0.118. The molecule has 4 rings (SSSR count). The van der Waals surface area contributed by atoms with Gasteiger partial charge in [0, 0.05) is 55.8 Å². The molecule has 1 aliphatic rings. The van der Waals surface area contributed by atoms with Crippen LogP contribution in [0.15, 0.2) is 54.6 Å². The number of hydrogen-bond donors (Lipinski definition) is 0. The topological polar surface area (TPSA) is 45.3 Å². The number of amides is 1. The molecule has 196 valence electrons. The van der Waals surface area contributed by atoms with E-state index in [2.05, 4.69) is 6.92 Å². The third-order valence-electron chi connectivity index (χ3n) is 6.90. The zero-order valence-corrected chi connectivity index (χ0v) is 23.5. The Morgan fingerprint density at radius 2 is 1.68 bits per heavy atom. The van der Waals surface area contributed by atoms with Crippen LogP contribution in [0.3, 0.4) is 0 Å². The van der Waals surface area contributed by atoms with Crippen molar-refractivity contribution in [2.24, 2.45) is 0 Å². The summed E-state index contributed by atoms with van der Waals surface area (Å²) in [6.45, 7) is 4.13. The maximum atomic E-state index is 13.8. The van der Waals surface area contributed by atoms with Crippen LogP contribution >= 0.6 is 11.6 Å². The second-order valence-corrected chi connectivity index (χ2v) is 10.3. The SMILES string of the molecule is CCC(C)Oc1cc2c(cc1OC)CC(=O)N(c1ccc(N(C)C)cc1)C2c1ccc(Cl)cc1N(C)C. The van der Waals surface area contributed by atoms with Crippen LogP contribution in [0.25, 0.3) is 0 Å². The van der Waals surface area contributed by atoms with Crippen molar-refractivity contribution < 1.29 is 14.3 Å². The minimum atomic E-state index is -0.374. The van der Waals surface area contributed by atoms with Gasteiger partial charge in [-0.3, -0.25) is 4.79 Å². The molecule has 3 aromatic rings. The van der Waals surface area contributed by atoms with Crippen molar-refractivity contribution in [1.82, 2.24) is 0 Å². The van der Waals surface area contributed by atoms with Gasteiger partial charge in [-0.1, -0.05) is 24.6 Å². The molecule has 0 fully saturated rings. The molecule has 0 radical (unpaired) electrons. The molecule has 1 heterocycles. The number of halogens is 1. The fourth-order valence-corrected chi connectivity index (χ4v) is 4.92. The first-order valence-electron chi connectivity index (χ1n) is 12.6. The number of ether oxygens (including phenoxy) is 2. The van der Waals surface area contributed by atoms with E-state index >= 15 is 0 Å². The summed E-state index contributed by atoms with van der Waals surface area (Å²) in [6.07, 6.45) is 1.17. The fraction of sp³-hybridized carbons (Fsp3) is 0.367. The van der Waals surface area contributed by atoms with Crippen molar-refractivity contribution in [3.8, 4) is 11.5 Å². The standard InChI is InChI=1S/C30H36ClN3O3/c1-8-19(2)37-28-18-25-20(15-27(28)36-7)16-29(35)34(23-12-10-22(11-13-23)32(3)4)30(25)24-14-9-21(31)17-26(24)33(5)6/h9-15,17-19,30H,8,16H2,1-7H3. The first-order valence-corrected chi connectivity index (χ1v) is 13.0. The Hall–Kier alpha value is -3.38. The van der Waals surface area contributed by atoms with Crippen LogP contribution < -0.4 is 24.2 Å². The largest absolute Gasteiger partial charge is 0.493 e. The summed E-state index contributed by atoms with van der Waals surface area (Å²) >= 11 is 6.42. The van der Waals surface area contributed by atoms with Crippen LogP contribution in [0, 0.1) is 0 Å². The van der Waals surface area contributed by atoms with E-state index in [1.165, 1.54) is 0 Å². The molecule has 0 saturated carbocycles. The number of methoxy groups -OCH3 is 1. The second-order valence-electron chi connectivity index (χ2n) is 9.89. The molecule has 0 aliphatic carbocycles. The van der Waals surface area contributed by atoms with Gasteiger partial charge >= 0.3 is 0 Å². The molecule has 6 nitrogen and oxygen atoms in total. The normalized spacial score (nSPS) is 15.7. The van der Waals surface area contributed by atoms with E-state index in [-0.39, 0.29) is 24.5 Å². The Morgan fingerprint density at radius 1 is 0.973 bits per heavy atom. The first-order chi connectivity index (χ1) is 17.6.